The van der Waals surface area contributed by atoms with Crippen LogP contribution in [-0.4, -0.2) is 38.9 Å². The minimum atomic E-state index is -0.885. The lowest BCUT2D eigenvalue weighted by Gasteiger charge is -2.37. The van der Waals surface area contributed by atoms with Crippen LogP contribution < -0.4 is 5.32 Å². The van der Waals surface area contributed by atoms with E-state index in [-0.39, 0.29) is 11.9 Å². The Morgan fingerprint density at radius 2 is 1.90 bits per heavy atom. The number of hydrogen-bond donors (Lipinski definition) is 1. The molecule has 0 bridgehead atoms. The summed E-state index contributed by atoms with van der Waals surface area (Å²) in [5.41, 5.74) is 1.70. The third-order valence-electron chi connectivity index (χ3n) is 5.50. The van der Waals surface area contributed by atoms with Crippen molar-refractivity contribution in [2.45, 2.75) is 32.2 Å². The Kier molecular flexibility index (Phi) is 6.98. The number of halogens is 2. The predicted octanol–water partition coefficient (Wildman–Crippen LogP) is 4.12. The first-order valence-electron chi connectivity index (χ1n) is 9.86. The molecule has 3 rings (SSSR count). The largest absolute Gasteiger partial charge is 0.383 e. The van der Waals surface area contributed by atoms with E-state index in [1.54, 1.807) is 13.2 Å². The molecule has 2 aromatic carbocycles. The van der Waals surface area contributed by atoms with Gasteiger partial charge in [0.25, 0.3) is 0 Å². The third kappa shape index (κ3) is 5.00. The van der Waals surface area contributed by atoms with Gasteiger partial charge >= 0.3 is 0 Å². The molecule has 1 amide bonds. The number of hydrogen-bond acceptors (Lipinski definition) is 3. The van der Waals surface area contributed by atoms with E-state index in [2.05, 4.69) is 5.32 Å². The molecule has 0 saturated carbocycles. The van der Waals surface area contributed by atoms with E-state index in [1.807, 2.05) is 31.2 Å². The van der Waals surface area contributed by atoms with Crippen LogP contribution in [0.25, 0.3) is 11.1 Å². The fraction of sp³-hybridized carbons (Fsp3) is 0.435. The van der Waals surface area contributed by atoms with Crippen molar-refractivity contribution in [3.63, 3.8) is 0 Å². The van der Waals surface area contributed by atoms with Crippen LogP contribution in [0.2, 0.25) is 0 Å². The van der Waals surface area contributed by atoms with Crippen LogP contribution in [-0.2, 0) is 20.7 Å². The van der Waals surface area contributed by atoms with Gasteiger partial charge in [0.15, 0.2) is 11.6 Å². The number of amides is 1. The van der Waals surface area contributed by atoms with Crippen molar-refractivity contribution in [1.29, 1.82) is 0 Å². The average molecular weight is 403 g/mol. The average Bonchev–Trinajstić information content (AvgIpc) is 2.71. The Hall–Kier alpha value is -2.31. The molecule has 4 nitrogen and oxygen atoms in total. The monoisotopic (exact) mass is 403 g/mol. The van der Waals surface area contributed by atoms with Gasteiger partial charge in [-0.25, -0.2) is 8.78 Å². The highest BCUT2D eigenvalue weighted by Crippen LogP contribution is 2.38. The smallest absolute Gasteiger partial charge is 0.227 e. The molecule has 0 radical (unpaired) electrons. The number of carbonyl (C=O) groups excluding carboxylic acids is 1. The minimum Gasteiger partial charge on any atom is -0.383 e. The highest BCUT2D eigenvalue weighted by molar-refractivity contribution is 5.84. The number of methoxy groups -OCH3 is 1. The molecular weight excluding hydrogens is 376 g/mol. The van der Waals surface area contributed by atoms with Gasteiger partial charge in [0.1, 0.15) is 0 Å². The van der Waals surface area contributed by atoms with Crippen LogP contribution in [0.3, 0.4) is 0 Å². The summed E-state index contributed by atoms with van der Waals surface area (Å²) in [4.78, 5) is 13.2. The molecule has 1 N–H and O–H groups in total. The fourth-order valence-corrected chi connectivity index (χ4v) is 3.90. The summed E-state index contributed by atoms with van der Waals surface area (Å²) in [6, 6.07) is 11.4. The molecular formula is C23H27F2NO3. The molecule has 29 heavy (non-hydrogen) atoms. The molecule has 6 heteroatoms. The van der Waals surface area contributed by atoms with Crippen molar-refractivity contribution in [3.05, 3.63) is 59.7 Å². The normalized spacial score (nSPS) is 17.0. The Balaban J connectivity index is 1.92. The summed E-state index contributed by atoms with van der Waals surface area (Å²) < 4.78 is 37.8. The fourth-order valence-electron chi connectivity index (χ4n) is 3.90. The highest BCUT2D eigenvalue weighted by Gasteiger charge is 2.41. The SMILES string of the molecule is COC[C@H](C)NC(=O)C1(Cc2ccccc2-c2ccc(F)c(F)c2)CCOCC1. The zero-order valence-electron chi connectivity index (χ0n) is 16.8. The van der Waals surface area contributed by atoms with Gasteiger partial charge in [0.05, 0.1) is 12.0 Å². The van der Waals surface area contributed by atoms with Crippen molar-refractivity contribution in [1.82, 2.24) is 5.32 Å². The van der Waals surface area contributed by atoms with Crippen LogP contribution in [0.5, 0.6) is 0 Å². The molecule has 1 heterocycles. The molecule has 156 valence electrons. The Morgan fingerprint density at radius 1 is 1.17 bits per heavy atom. The minimum absolute atomic E-state index is 0.0227. The summed E-state index contributed by atoms with van der Waals surface area (Å²) in [7, 11) is 1.60. The van der Waals surface area contributed by atoms with Gasteiger partial charge in [-0.15, -0.1) is 0 Å². The van der Waals surface area contributed by atoms with Crippen molar-refractivity contribution < 1.29 is 23.0 Å². The van der Waals surface area contributed by atoms with E-state index < -0.39 is 17.0 Å². The Bertz CT molecular complexity index is 850. The lowest BCUT2D eigenvalue weighted by atomic mass is 9.73. The standard InChI is InChI=1S/C23H27F2NO3/c1-16(15-28-2)26-22(27)23(9-11-29-12-10-23)14-18-5-3-4-6-19(18)17-7-8-20(24)21(25)13-17/h3-8,13,16H,9-12,14-15H2,1-2H3,(H,26,27)/t16-/m0/s1. The second-order valence-corrected chi connectivity index (χ2v) is 7.69. The molecule has 1 aliphatic heterocycles. The number of carbonyl (C=O) groups is 1. The maximum Gasteiger partial charge on any atom is 0.227 e. The number of benzene rings is 2. The molecule has 0 spiro atoms. The first-order chi connectivity index (χ1) is 13.9. The number of ether oxygens (including phenoxy) is 2. The predicted molar refractivity (Wildman–Crippen MR) is 107 cm³/mol. The van der Waals surface area contributed by atoms with Gasteiger partial charge in [-0.05, 0) is 55.0 Å². The van der Waals surface area contributed by atoms with E-state index in [4.69, 9.17) is 9.47 Å². The molecule has 1 fully saturated rings. The van der Waals surface area contributed by atoms with Crippen molar-refractivity contribution in [2.24, 2.45) is 5.41 Å². The summed E-state index contributed by atoms with van der Waals surface area (Å²) in [5.74, 6) is -1.78. The van der Waals surface area contributed by atoms with E-state index in [0.717, 1.165) is 17.2 Å². The second-order valence-electron chi connectivity index (χ2n) is 7.69. The molecule has 1 aliphatic rings. The van der Waals surface area contributed by atoms with E-state index >= 15 is 0 Å². The maximum absolute atomic E-state index is 13.8. The Labute approximate surface area is 170 Å². The highest BCUT2D eigenvalue weighted by atomic mass is 19.2. The van der Waals surface area contributed by atoms with Crippen LogP contribution in [0, 0.1) is 17.0 Å². The summed E-state index contributed by atoms with van der Waals surface area (Å²) in [6.07, 6.45) is 1.70. The molecule has 2 aromatic rings. The third-order valence-corrected chi connectivity index (χ3v) is 5.50. The summed E-state index contributed by atoms with van der Waals surface area (Å²) >= 11 is 0. The number of rotatable bonds is 7. The zero-order valence-corrected chi connectivity index (χ0v) is 16.8. The Morgan fingerprint density at radius 3 is 2.59 bits per heavy atom. The maximum atomic E-state index is 13.8. The second kappa shape index (κ2) is 9.46. The van der Waals surface area contributed by atoms with E-state index in [1.165, 1.54) is 6.07 Å². The lowest BCUT2D eigenvalue weighted by Crippen LogP contribution is -2.49. The van der Waals surface area contributed by atoms with Crippen LogP contribution >= 0.6 is 0 Å². The quantitative estimate of drug-likeness (QED) is 0.757. The van der Waals surface area contributed by atoms with E-state index in [0.29, 0.717) is 44.6 Å². The van der Waals surface area contributed by atoms with Crippen molar-refractivity contribution in [3.8, 4) is 11.1 Å². The van der Waals surface area contributed by atoms with Gasteiger partial charge in [-0.1, -0.05) is 30.3 Å². The molecule has 1 atom stereocenters. The summed E-state index contributed by atoms with van der Waals surface area (Å²) in [6.45, 7) is 3.37. The molecule has 0 unspecified atom stereocenters. The molecule has 0 aromatic heterocycles. The lowest BCUT2D eigenvalue weighted by molar-refractivity contribution is -0.137. The zero-order chi connectivity index (χ0) is 20.9. The van der Waals surface area contributed by atoms with Gasteiger partial charge in [0, 0.05) is 26.4 Å². The first-order valence-corrected chi connectivity index (χ1v) is 9.86. The van der Waals surface area contributed by atoms with E-state index in [9.17, 15) is 13.6 Å². The first kappa shape index (κ1) is 21.4. The van der Waals surface area contributed by atoms with Crippen molar-refractivity contribution in [2.75, 3.05) is 26.9 Å². The number of nitrogens with one attached hydrogen (secondary N) is 1. The van der Waals surface area contributed by atoms with Gasteiger partial charge in [-0.2, -0.15) is 0 Å². The molecule has 1 saturated heterocycles. The topological polar surface area (TPSA) is 47.6 Å². The van der Waals surface area contributed by atoms with Gasteiger partial charge < -0.3 is 14.8 Å². The molecule has 0 aliphatic carbocycles. The van der Waals surface area contributed by atoms with Gasteiger partial charge in [0.2, 0.25) is 5.91 Å². The van der Waals surface area contributed by atoms with Gasteiger partial charge in [-0.3, -0.25) is 4.79 Å². The van der Waals surface area contributed by atoms with Crippen LogP contribution in [0.1, 0.15) is 25.3 Å². The van der Waals surface area contributed by atoms with Crippen molar-refractivity contribution >= 4 is 5.91 Å². The van der Waals surface area contributed by atoms with Crippen LogP contribution in [0.15, 0.2) is 42.5 Å². The van der Waals surface area contributed by atoms with Crippen LogP contribution in [0.4, 0.5) is 8.78 Å². The summed E-state index contributed by atoms with van der Waals surface area (Å²) in [5, 5.41) is 3.06.